The van der Waals surface area contributed by atoms with Crippen LogP contribution in [0.1, 0.15) is 50.7 Å². The van der Waals surface area contributed by atoms with Crippen molar-refractivity contribution in [1.82, 2.24) is 0 Å². The molecule has 4 heteroatoms. The molecule has 0 amide bonds. The lowest BCUT2D eigenvalue weighted by molar-refractivity contribution is 0.0652. The van der Waals surface area contributed by atoms with Gasteiger partial charge >= 0.3 is 0 Å². The summed E-state index contributed by atoms with van der Waals surface area (Å²) in [5.74, 6) is 0. The molecule has 21 heavy (non-hydrogen) atoms. The van der Waals surface area contributed by atoms with E-state index in [1.807, 2.05) is 6.19 Å². The van der Waals surface area contributed by atoms with Crippen LogP contribution in [0.5, 0.6) is 0 Å². The smallest absolute Gasteiger partial charge is 0.205 e. The second kappa shape index (κ2) is 4.93. The molecular formula is C17H19BrN2O. The third-order valence-electron chi connectivity index (χ3n) is 5.53. The molecule has 0 radical (unpaired) electrons. The number of benzene rings is 1. The third kappa shape index (κ3) is 1.98. The van der Waals surface area contributed by atoms with Crippen molar-refractivity contribution in [3.05, 3.63) is 33.8 Å². The van der Waals surface area contributed by atoms with Crippen LogP contribution in [0, 0.1) is 16.9 Å². The van der Waals surface area contributed by atoms with Crippen molar-refractivity contribution in [2.24, 2.45) is 10.4 Å². The first kappa shape index (κ1) is 14.7. The number of aliphatic imine (C=N–C) groups is 1. The van der Waals surface area contributed by atoms with Crippen LogP contribution in [0.15, 0.2) is 27.7 Å². The first-order valence-corrected chi connectivity index (χ1v) is 8.17. The molecule has 0 unspecified atom stereocenters. The van der Waals surface area contributed by atoms with E-state index in [0.717, 1.165) is 41.4 Å². The lowest BCUT2D eigenvalue weighted by atomic mass is 9.58. The number of rotatable bonds is 0. The van der Waals surface area contributed by atoms with Gasteiger partial charge in [-0.05, 0) is 43.4 Å². The summed E-state index contributed by atoms with van der Waals surface area (Å²) >= 11 is 3.53. The molecule has 1 N–H and O–H groups in total. The van der Waals surface area contributed by atoms with Crippen molar-refractivity contribution in [1.29, 1.82) is 5.26 Å². The molecular weight excluding hydrogens is 328 g/mol. The molecule has 3 nitrogen and oxygen atoms in total. The molecule has 0 aliphatic heterocycles. The Morgan fingerprint density at radius 1 is 1.33 bits per heavy atom. The van der Waals surface area contributed by atoms with Crippen molar-refractivity contribution >= 4 is 21.6 Å². The van der Waals surface area contributed by atoms with E-state index in [1.165, 1.54) is 5.56 Å². The lowest BCUT2D eigenvalue weighted by Gasteiger charge is -2.45. The summed E-state index contributed by atoms with van der Waals surface area (Å²) in [7, 11) is 0. The molecule has 1 fully saturated rings. The Hall–Kier alpha value is -1.18. The van der Waals surface area contributed by atoms with E-state index in [0.29, 0.717) is 0 Å². The van der Waals surface area contributed by atoms with E-state index in [1.54, 1.807) is 0 Å². The van der Waals surface area contributed by atoms with Crippen LogP contribution >= 0.6 is 15.9 Å². The van der Waals surface area contributed by atoms with Gasteiger partial charge in [-0.15, -0.1) is 0 Å². The van der Waals surface area contributed by atoms with E-state index in [-0.39, 0.29) is 16.9 Å². The maximum Gasteiger partial charge on any atom is 0.205 e. The van der Waals surface area contributed by atoms with Crippen molar-refractivity contribution < 1.29 is 5.11 Å². The Morgan fingerprint density at radius 2 is 2.00 bits per heavy atom. The monoisotopic (exact) mass is 346 g/mol. The maximum atomic E-state index is 9.89. The zero-order valence-electron chi connectivity index (χ0n) is 12.4. The number of halogens is 1. The molecule has 3 rings (SSSR count). The summed E-state index contributed by atoms with van der Waals surface area (Å²) in [6, 6.07) is 6.28. The Bertz CT molecular complexity index is 649. The molecule has 0 atom stereocenters. The second-order valence-electron chi connectivity index (χ2n) is 6.69. The molecule has 110 valence electrons. The second-order valence-corrected chi connectivity index (χ2v) is 7.60. The van der Waals surface area contributed by atoms with Gasteiger partial charge in [-0.2, -0.15) is 10.3 Å². The largest absolute Gasteiger partial charge is 0.393 e. The highest BCUT2D eigenvalue weighted by molar-refractivity contribution is 9.10. The van der Waals surface area contributed by atoms with Crippen molar-refractivity contribution in [3.63, 3.8) is 0 Å². The molecule has 1 spiro atoms. The predicted molar refractivity (Wildman–Crippen MR) is 86.2 cm³/mol. The Labute approximate surface area is 133 Å². The van der Waals surface area contributed by atoms with Crippen LogP contribution in [0.4, 0.5) is 0 Å². The van der Waals surface area contributed by atoms with Crippen LogP contribution < -0.4 is 0 Å². The number of nitrogens with zero attached hydrogens (tertiary/aromatic N) is 2. The fraction of sp³-hybridized carbons (Fsp3) is 0.529. The average Bonchev–Trinajstić information content (AvgIpc) is 2.61. The highest BCUT2D eigenvalue weighted by Gasteiger charge is 2.57. The minimum atomic E-state index is -0.217. The number of nitriles is 1. The van der Waals surface area contributed by atoms with Gasteiger partial charge in [0.1, 0.15) is 0 Å². The summed E-state index contributed by atoms with van der Waals surface area (Å²) in [5, 5.41) is 19.0. The molecule has 1 aromatic rings. The van der Waals surface area contributed by atoms with E-state index < -0.39 is 0 Å². The Kier molecular flexibility index (Phi) is 3.46. The van der Waals surface area contributed by atoms with Gasteiger partial charge in [0, 0.05) is 20.9 Å². The first-order chi connectivity index (χ1) is 9.92. The zero-order chi connectivity index (χ0) is 15.3. The van der Waals surface area contributed by atoms with Gasteiger partial charge in [0.25, 0.3) is 0 Å². The van der Waals surface area contributed by atoms with E-state index in [2.05, 4.69) is 53.0 Å². The minimum Gasteiger partial charge on any atom is -0.393 e. The van der Waals surface area contributed by atoms with Crippen molar-refractivity contribution in [3.8, 4) is 6.19 Å². The molecule has 0 heterocycles. The van der Waals surface area contributed by atoms with Gasteiger partial charge in [0.15, 0.2) is 0 Å². The number of hydrogen-bond acceptors (Lipinski definition) is 3. The summed E-state index contributed by atoms with van der Waals surface area (Å²) < 4.78 is 1.01. The summed E-state index contributed by atoms with van der Waals surface area (Å²) in [4.78, 5) is 4.22. The number of hydrogen-bond donors (Lipinski definition) is 1. The Balaban J connectivity index is 2.22. The first-order valence-electron chi connectivity index (χ1n) is 7.38. The van der Waals surface area contributed by atoms with Gasteiger partial charge in [-0.25, -0.2) is 0 Å². The molecule has 0 saturated heterocycles. The molecule has 1 aromatic carbocycles. The van der Waals surface area contributed by atoms with Crippen molar-refractivity contribution in [2.45, 2.75) is 51.0 Å². The summed E-state index contributed by atoms with van der Waals surface area (Å²) in [6.45, 7) is 4.49. The molecule has 0 aromatic heterocycles. The molecule has 2 aliphatic rings. The number of aliphatic hydroxyl groups is 1. The van der Waals surface area contributed by atoms with Crippen LogP contribution in [0.25, 0.3) is 0 Å². The summed E-state index contributed by atoms with van der Waals surface area (Å²) in [6.07, 6.45) is 5.11. The number of aliphatic hydroxyl groups excluding tert-OH is 1. The highest BCUT2D eigenvalue weighted by Crippen LogP contribution is 2.59. The van der Waals surface area contributed by atoms with Gasteiger partial charge < -0.3 is 5.11 Å². The lowest BCUT2D eigenvalue weighted by Crippen LogP contribution is -2.45. The van der Waals surface area contributed by atoms with Crippen molar-refractivity contribution in [2.75, 3.05) is 0 Å². The van der Waals surface area contributed by atoms with E-state index >= 15 is 0 Å². The van der Waals surface area contributed by atoms with Gasteiger partial charge in [0.05, 0.1) is 11.8 Å². The topological polar surface area (TPSA) is 56.4 Å². The molecule has 1 saturated carbocycles. The van der Waals surface area contributed by atoms with Gasteiger partial charge in [0.2, 0.25) is 6.19 Å². The quantitative estimate of drug-likeness (QED) is 0.723. The highest BCUT2D eigenvalue weighted by atomic mass is 79.9. The Morgan fingerprint density at radius 3 is 2.62 bits per heavy atom. The predicted octanol–water partition coefficient (Wildman–Crippen LogP) is 3.93. The standard InChI is InChI=1S/C17H19BrN2O/c1-16(2)14-4-3-11(18)9-13(14)15(20-10-19)17(16)7-5-12(21)6-8-17/h3-4,9,12,21H,5-8H2,1-2H3. The zero-order valence-corrected chi connectivity index (χ0v) is 13.9. The fourth-order valence-corrected chi connectivity index (χ4v) is 4.60. The SMILES string of the molecule is CC1(C)c2ccc(Br)cc2C(=NC#N)C12CCC(O)CC2. The van der Waals surface area contributed by atoms with E-state index in [4.69, 9.17) is 5.26 Å². The number of fused-ring (bicyclic) bond motifs is 1. The fourth-order valence-electron chi connectivity index (χ4n) is 4.24. The van der Waals surface area contributed by atoms with Gasteiger partial charge in [-0.3, -0.25) is 0 Å². The molecule has 2 aliphatic carbocycles. The third-order valence-corrected chi connectivity index (χ3v) is 6.02. The normalized spacial score (nSPS) is 32.1. The average molecular weight is 347 g/mol. The van der Waals surface area contributed by atoms with Crippen LogP contribution in [0.3, 0.4) is 0 Å². The van der Waals surface area contributed by atoms with Gasteiger partial charge in [-0.1, -0.05) is 35.8 Å². The van der Waals surface area contributed by atoms with Crippen LogP contribution in [0.2, 0.25) is 0 Å². The van der Waals surface area contributed by atoms with Crippen LogP contribution in [-0.2, 0) is 5.41 Å². The molecule has 0 bridgehead atoms. The minimum absolute atomic E-state index is 0.0706. The van der Waals surface area contributed by atoms with Crippen LogP contribution in [-0.4, -0.2) is 16.9 Å². The summed E-state index contributed by atoms with van der Waals surface area (Å²) in [5.41, 5.74) is 3.06. The van der Waals surface area contributed by atoms with E-state index in [9.17, 15) is 5.11 Å². The maximum absolute atomic E-state index is 9.89.